The van der Waals surface area contributed by atoms with Crippen LogP contribution in [0.4, 0.5) is 20.2 Å². The van der Waals surface area contributed by atoms with E-state index in [0.29, 0.717) is 24.4 Å². The summed E-state index contributed by atoms with van der Waals surface area (Å²) in [6.45, 7) is 9.83. The zero-order valence-corrected chi connectivity index (χ0v) is 19.0. The van der Waals surface area contributed by atoms with Gasteiger partial charge >= 0.3 is 0 Å². The summed E-state index contributed by atoms with van der Waals surface area (Å²) in [6, 6.07) is 5.35. The minimum Gasteiger partial charge on any atom is -0.283 e. The normalized spacial score (nSPS) is 18.7. The lowest BCUT2D eigenvalue weighted by Gasteiger charge is -2.29. The molecule has 1 N–H and O–H groups in total. The Bertz CT molecular complexity index is 833. The van der Waals surface area contributed by atoms with Gasteiger partial charge in [-0.3, -0.25) is 9.71 Å². The predicted molar refractivity (Wildman–Crippen MR) is 117 cm³/mol. The van der Waals surface area contributed by atoms with Crippen molar-refractivity contribution in [2.24, 2.45) is 16.3 Å². The van der Waals surface area contributed by atoms with Crippen LogP contribution in [0.3, 0.4) is 0 Å². The second kappa shape index (κ2) is 9.11. The summed E-state index contributed by atoms with van der Waals surface area (Å²) in [5.74, 6) is -2.18. The molecule has 1 aliphatic rings. The van der Waals surface area contributed by atoms with Gasteiger partial charge in [0.05, 0.1) is 17.1 Å². The van der Waals surface area contributed by atoms with Crippen LogP contribution in [-0.4, -0.2) is 25.8 Å². The molecule has 2 rings (SSSR count). The third-order valence-electron chi connectivity index (χ3n) is 5.61. The molecule has 0 bridgehead atoms. The van der Waals surface area contributed by atoms with Crippen LogP contribution in [0.1, 0.15) is 71.8 Å². The molecule has 0 amide bonds. The Kier molecular flexibility index (Phi) is 7.47. The molecule has 0 radical (unpaired) electrons. The van der Waals surface area contributed by atoms with E-state index < -0.39 is 15.9 Å². The molecule has 1 aromatic rings. The monoisotopic (exact) mass is 428 g/mol. The van der Waals surface area contributed by atoms with Crippen molar-refractivity contribution in [3.63, 3.8) is 0 Å². The Labute approximate surface area is 174 Å². The molecule has 0 aromatic heterocycles. The van der Waals surface area contributed by atoms with Crippen molar-refractivity contribution >= 4 is 27.1 Å². The van der Waals surface area contributed by atoms with Gasteiger partial charge in [0.2, 0.25) is 15.9 Å². The first-order chi connectivity index (χ1) is 13.3. The Balaban J connectivity index is 2.19. The fourth-order valence-electron chi connectivity index (χ4n) is 3.52. The number of halogens is 2. The molecule has 29 heavy (non-hydrogen) atoms. The van der Waals surface area contributed by atoms with E-state index in [1.807, 2.05) is 13.0 Å². The topological polar surface area (TPSA) is 58.5 Å². The van der Waals surface area contributed by atoms with Crippen molar-refractivity contribution in [2.45, 2.75) is 79.1 Å². The number of aryl methyl sites for hydroxylation is 1. The van der Waals surface area contributed by atoms with Gasteiger partial charge in [0.25, 0.3) is 0 Å². The third kappa shape index (κ3) is 7.36. The summed E-state index contributed by atoms with van der Waals surface area (Å²) in [4.78, 5) is 4.89. The highest BCUT2D eigenvalue weighted by Crippen LogP contribution is 2.38. The predicted octanol–water partition coefficient (Wildman–Crippen LogP) is 6.48. The molecule has 0 heterocycles. The van der Waals surface area contributed by atoms with Crippen LogP contribution in [0, 0.1) is 18.3 Å². The van der Waals surface area contributed by atoms with Crippen molar-refractivity contribution in [3.05, 3.63) is 23.8 Å². The molecular formula is C22H34F2N2O2S. The van der Waals surface area contributed by atoms with Crippen molar-refractivity contribution in [1.82, 2.24) is 0 Å². The van der Waals surface area contributed by atoms with E-state index in [-0.39, 0.29) is 24.0 Å². The van der Waals surface area contributed by atoms with Gasteiger partial charge in [0.15, 0.2) is 0 Å². The smallest absolute Gasteiger partial charge is 0.248 e. The highest BCUT2D eigenvalue weighted by atomic mass is 32.2. The molecule has 1 saturated carbocycles. The minimum absolute atomic E-state index is 0.00710. The van der Waals surface area contributed by atoms with Gasteiger partial charge in [-0.15, -0.1) is 0 Å². The quantitative estimate of drug-likeness (QED) is 0.505. The lowest BCUT2D eigenvalue weighted by molar-refractivity contribution is -0.0463. The Morgan fingerprint density at radius 1 is 1.24 bits per heavy atom. The maximum atomic E-state index is 13.4. The number of aliphatic imine (C=N–C) groups is 1. The number of rotatable bonds is 7. The highest BCUT2D eigenvalue weighted by molar-refractivity contribution is 7.92. The minimum atomic E-state index is -3.35. The number of anilines is 1. The average molecular weight is 429 g/mol. The van der Waals surface area contributed by atoms with E-state index in [1.165, 1.54) is 0 Å². The van der Waals surface area contributed by atoms with E-state index in [4.69, 9.17) is 4.99 Å². The summed E-state index contributed by atoms with van der Waals surface area (Å²) >= 11 is 0. The Morgan fingerprint density at radius 3 is 2.41 bits per heavy atom. The van der Waals surface area contributed by atoms with Gasteiger partial charge in [-0.1, -0.05) is 26.8 Å². The van der Waals surface area contributed by atoms with Crippen LogP contribution in [0.15, 0.2) is 23.2 Å². The molecular weight excluding hydrogens is 394 g/mol. The zero-order valence-electron chi connectivity index (χ0n) is 18.2. The van der Waals surface area contributed by atoms with Gasteiger partial charge < -0.3 is 0 Å². The highest BCUT2D eigenvalue weighted by Gasteiger charge is 2.35. The molecule has 1 aromatic carbocycles. The number of benzene rings is 1. The van der Waals surface area contributed by atoms with Gasteiger partial charge in [0.1, 0.15) is 0 Å². The van der Waals surface area contributed by atoms with Crippen molar-refractivity contribution < 1.29 is 17.2 Å². The van der Waals surface area contributed by atoms with Crippen molar-refractivity contribution in [3.8, 4) is 0 Å². The molecule has 0 saturated heterocycles. The van der Waals surface area contributed by atoms with Crippen LogP contribution >= 0.6 is 0 Å². The van der Waals surface area contributed by atoms with E-state index in [2.05, 4.69) is 25.5 Å². The van der Waals surface area contributed by atoms with E-state index >= 15 is 0 Å². The van der Waals surface area contributed by atoms with Crippen LogP contribution in [0.25, 0.3) is 0 Å². The van der Waals surface area contributed by atoms with E-state index in [1.54, 1.807) is 19.1 Å². The number of alkyl halides is 2. The molecule has 164 valence electrons. The van der Waals surface area contributed by atoms with Crippen LogP contribution < -0.4 is 4.72 Å². The molecule has 0 atom stereocenters. The lowest BCUT2D eigenvalue weighted by Crippen LogP contribution is -2.26. The summed E-state index contributed by atoms with van der Waals surface area (Å²) in [6.07, 6.45) is 2.71. The fraction of sp³-hybridized carbons (Fsp3) is 0.682. The Morgan fingerprint density at radius 2 is 1.86 bits per heavy atom. The summed E-state index contributed by atoms with van der Waals surface area (Å²) in [5, 5.41) is 0. The molecule has 7 heteroatoms. The summed E-state index contributed by atoms with van der Waals surface area (Å²) in [7, 11) is -3.35. The molecule has 1 aliphatic carbocycles. The lowest BCUT2D eigenvalue weighted by atomic mass is 9.80. The van der Waals surface area contributed by atoms with E-state index in [9.17, 15) is 17.2 Å². The number of sulfonamides is 1. The Hall–Kier alpha value is -1.50. The first kappa shape index (κ1) is 23.8. The summed E-state index contributed by atoms with van der Waals surface area (Å²) < 4.78 is 53.1. The number of nitrogens with zero attached hydrogens (tertiary/aromatic N) is 1. The molecule has 0 aliphatic heterocycles. The number of hydrogen-bond donors (Lipinski definition) is 1. The second-order valence-electron chi connectivity index (χ2n) is 9.15. The van der Waals surface area contributed by atoms with Gasteiger partial charge in [-0.05, 0) is 63.1 Å². The average Bonchev–Trinajstić information content (AvgIpc) is 2.61. The number of nitrogens with one attached hydrogen (secondary N) is 1. The fourth-order valence-corrected chi connectivity index (χ4v) is 4.15. The third-order valence-corrected chi connectivity index (χ3v) is 6.92. The van der Waals surface area contributed by atoms with Crippen molar-refractivity contribution in [2.75, 3.05) is 10.5 Å². The molecule has 0 spiro atoms. The standard InChI is InChI=1S/C22H34F2N2O2S/c1-6-29(27,28)26-18-9-7-16(2)19(15-18)25-20(21(3,4)5)10-8-17-11-13-22(23,24)14-12-17/h7,9,15,17,26H,6,8,10-14H2,1-5H3. The van der Waals surface area contributed by atoms with Gasteiger partial charge in [0, 0.05) is 24.0 Å². The van der Waals surface area contributed by atoms with Gasteiger partial charge in [-0.2, -0.15) is 0 Å². The summed E-state index contributed by atoms with van der Waals surface area (Å²) in [5.41, 5.74) is 3.04. The maximum Gasteiger partial charge on any atom is 0.248 e. The molecule has 0 unspecified atom stereocenters. The van der Waals surface area contributed by atoms with Crippen LogP contribution in [0.5, 0.6) is 0 Å². The molecule has 4 nitrogen and oxygen atoms in total. The first-order valence-corrected chi connectivity index (χ1v) is 12.0. The van der Waals surface area contributed by atoms with Crippen LogP contribution in [-0.2, 0) is 10.0 Å². The van der Waals surface area contributed by atoms with Crippen molar-refractivity contribution in [1.29, 1.82) is 0 Å². The maximum absolute atomic E-state index is 13.4. The van der Waals surface area contributed by atoms with Gasteiger partial charge in [-0.25, -0.2) is 17.2 Å². The SMILES string of the molecule is CCS(=O)(=O)Nc1ccc(C)c(N=C(CCC2CCC(F)(F)CC2)C(C)(C)C)c1. The zero-order chi connectivity index (χ0) is 21.9. The molecule has 1 fully saturated rings. The number of hydrogen-bond acceptors (Lipinski definition) is 3. The first-order valence-electron chi connectivity index (χ1n) is 10.4. The second-order valence-corrected chi connectivity index (χ2v) is 11.2. The van der Waals surface area contributed by atoms with Crippen LogP contribution in [0.2, 0.25) is 0 Å². The van der Waals surface area contributed by atoms with E-state index in [0.717, 1.165) is 29.8 Å². The largest absolute Gasteiger partial charge is 0.283 e.